The molecule has 1 saturated heterocycles. The van der Waals surface area contributed by atoms with Crippen LogP contribution in [-0.2, 0) is 9.59 Å². The maximum atomic E-state index is 11.5. The van der Waals surface area contributed by atoms with Crippen LogP contribution in [0.4, 0.5) is 5.69 Å². The molecule has 1 aromatic carbocycles. The Kier molecular flexibility index (Phi) is 3.19. The van der Waals surface area contributed by atoms with Crippen LogP contribution in [0.1, 0.15) is 12.8 Å². The van der Waals surface area contributed by atoms with Gasteiger partial charge in [0.2, 0.25) is 5.91 Å². The van der Waals surface area contributed by atoms with Crippen LogP contribution in [0.3, 0.4) is 0 Å². The van der Waals surface area contributed by atoms with Crippen molar-refractivity contribution in [1.82, 2.24) is 0 Å². The zero-order valence-corrected chi connectivity index (χ0v) is 8.89. The van der Waals surface area contributed by atoms with E-state index < -0.39 is 0 Å². The molecule has 2 rings (SSSR count). The van der Waals surface area contributed by atoms with E-state index in [-0.39, 0.29) is 12.5 Å². The third-order valence-electron chi connectivity index (χ3n) is 2.54. The molecule has 1 aliphatic rings. The first kappa shape index (κ1) is 10.7. The number of rotatable bonds is 4. The van der Waals surface area contributed by atoms with Gasteiger partial charge in [0.25, 0.3) is 0 Å². The van der Waals surface area contributed by atoms with E-state index in [2.05, 4.69) is 0 Å². The minimum absolute atomic E-state index is 0.0575. The van der Waals surface area contributed by atoms with Gasteiger partial charge in [0.05, 0.1) is 0 Å². The molecule has 1 amide bonds. The van der Waals surface area contributed by atoms with Crippen LogP contribution in [0.25, 0.3) is 0 Å². The van der Waals surface area contributed by atoms with Crippen LogP contribution >= 0.6 is 0 Å². The molecule has 0 saturated carbocycles. The number of benzene rings is 1. The second-order valence-electron chi connectivity index (χ2n) is 3.62. The fourth-order valence-electron chi connectivity index (χ4n) is 1.77. The summed E-state index contributed by atoms with van der Waals surface area (Å²) in [5, 5.41) is 0. The number of hydrogen-bond donors (Lipinski definition) is 0. The zero-order chi connectivity index (χ0) is 11.4. The van der Waals surface area contributed by atoms with Gasteiger partial charge in [0.1, 0.15) is 12.4 Å². The molecule has 4 heteroatoms. The highest BCUT2D eigenvalue weighted by Crippen LogP contribution is 2.23. The molecule has 0 spiro atoms. The van der Waals surface area contributed by atoms with Gasteiger partial charge in [0, 0.05) is 18.7 Å². The molecule has 1 aromatic rings. The van der Waals surface area contributed by atoms with Crippen molar-refractivity contribution in [2.75, 3.05) is 18.1 Å². The lowest BCUT2D eigenvalue weighted by atomic mass is 10.3. The number of carbonyl (C=O) groups is 2. The zero-order valence-electron chi connectivity index (χ0n) is 8.89. The molecule has 0 radical (unpaired) electrons. The predicted molar refractivity (Wildman–Crippen MR) is 59.6 cm³/mol. The maximum absolute atomic E-state index is 11.5. The Morgan fingerprint density at radius 2 is 2.06 bits per heavy atom. The van der Waals surface area contributed by atoms with Crippen LogP contribution < -0.4 is 9.64 Å². The van der Waals surface area contributed by atoms with Crippen LogP contribution in [-0.4, -0.2) is 25.3 Å². The molecule has 0 atom stereocenters. The third kappa shape index (κ3) is 2.21. The molecule has 1 heterocycles. The molecular formula is C12H13NO3. The monoisotopic (exact) mass is 219 g/mol. The lowest BCUT2D eigenvalue weighted by molar-refractivity contribution is -0.117. The first-order valence-electron chi connectivity index (χ1n) is 5.28. The Morgan fingerprint density at radius 3 is 2.62 bits per heavy atom. The van der Waals surface area contributed by atoms with Crippen molar-refractivity contribution in [1.29, 1.82) is 0 Å². The lowest BCUT2D eigenvalue weighted by Crippen LogP contribution is -2.23. The van der Waals surface area contributed by atoms with Crippen molar-refractivity contribution in [3.05, 3.63) is 24.3 Å². The van der Waals surface area contributed by atoms with E-state index in [1.165, 1.54) is 0 Å². The minimum Gasteiger partial charge on any atom is -0.486 e. The van der Waals surface area contributed by atoms with E-state index >= 15 is 0 Å². The van der Waals surface area contributed by atoms with Gasteiger partial charge >= 0.3 is 0 Å². The standard InChI is InChI=1S/C12H13NO3/c14-8-9-16-11-5-3-10(4-6-11)13-7-1-2-12(13)15/h3-6,8H,1-2,7,9H2. The van der Waals surface area contributed by atoms with Gasteiger partial charge in [-0.1, -0.05) is 0 Å². The molecule has 0 N–H and O–H groups in total. The average Bonchev–Trinajstić information content (AvgIpc) is 2.74. The van der Waals surface area contributed by atoms with Crippen LogP contribution in [0.5, 0.6) is 5.75 Å². The maximum Gasteiger partial charge on any atom is 0.227 e. The highest BCUT2D eigenvalue weighted by Gasteiger charge is 2.21. The SMILES string of the molecule is O=CCOc1ccc(N2CCCC2=O)cc1. The fourth-order valence-corrected chi connectivity index (χ4v) is 1.77. The van der Waals surface area contributed by atoms with Gasteiger partial charge in [-0.3, -0.25) is 9.59 Å². The molecule has 1 fully saturated rings. The summed E-state index contributed by atoms with van der Waals surface area (Å²) >= 11 is 0. The smallest absolute Gasteiger partial charge is 0.227 e. The van der Waals surface area contributed by atoms with E-state index in [1.807, 2.05) is 12.1 Å². The molecule has 0 aromatic heterocycles. The van der Waals surface area contributed by atoms with Gasteiger partial charge in [0.15, 0.2) is 6.29 Å². The Balaban J connectivity index is 2.06. The molecule has 0 bridgehead atoms. The Morgan fingerprint density at radius 1 is 1.31 bits per heavy atom. The van der Waals surface area contributed by atoms with Gasteiger partial charge in [-0.05, 0) is 30.7 Å². The summed E-state index contributed by atoms with van der Waals surface area (Å²) in [4.78, 5) is 23.4. The van der Waals surface area contributed by atoms with E-state index in [0.717, 1.165) is 18.7 Å². The van der Waals surface area contributed by atoms with Crippen molar-refractivity contribution in [3.8, 4) is 5.75 Å². The van der Waals surface area contributed by atoms with Gasteiger partial charge in [-0.15, -0.1) is 0 Å². The van der Waals surface area contributed by atoms with Crippen molar-refractivity contribution in [2.45, 2.75) is 12.8 Å². The summed E-state index contributed by atoms with van der Waals surface area (Å²) in [6, 6.07) is 7.21. The van der Waals surface area contributed by atoms with Crippen molar-refractivity contribution in [3.63, 3.8) is 0 Å². The number of amides is 1. The summed E-state index contributed by atoms with van der Waals surface area (Å²) in [5.74, 6) is 0.809. The van der Waals surface area contributed by atoms with Gasteiger partial charge in [-0.25, -0.2) is 0 Å². The second kappa shape index (κ2) is 4.79. The van der Waals surface area contributed by atoms with E-state index in [9.17, 15) is 9.59 Å². The number of anilines is 1. The molecule has 0 aliphatic carbocycles. The van der Waals surface area contributed by atoms with Crippen LogP contribution in [0.15, 0.2) is 24.3 Å². The normalized spacial score (nSPS) is 15.2. The second-order valence-corrected chi connectivity index (χ2v) is 3.62. The van der Waals surface area contributed by atoms with Crippen molar-refractivity contribution in [2.24, 2.45) is 0 Å². The molecule has 0 unspecified atom stereocenters. The molecule has 84 valence electrons. The fraction of sp³-hybridized carbons (Fsp3) is 0.333. The number of nitrogens with zero attached hydrogens (tertiary/aromatic N) is 1. The Labute approximate surface area is 93.8 Å². The van der Waals surface area contributed by atoms with E-state index in [0.29, 0.717) is 18.5 Å². The molecule has 16 heavy (non-hydrogen) atoms. The summed E-state index contributed by atoms with van der Waals surface area (Å²) in [6.07, 6.45) is 2.25. The lowest BCUT2D eigenvalue weighted by Gasteiger charge is -2.15. The van der Waals surface area contributed by atoms with Gasteiger partial charge in [-0.2, -0.15) is 0 Å². The van der Waals surface area contributed by atoms with E-state index in [4.69, 9.17) is 4.74 Å². The third-order valence-corrected chi connectivity index (χ3v) is 2.54. The van der Waals surface area contributed by atoms with Crippen molar-refractivity contribution < 1.29 is 14.3 Å². The largest absolute Gasteiger partial charge is 0.486 e. The molecule has 1 aliphatic heterocycles. The topological polar surface area (TPSA) is 46.6 Å². The van der Waals surface area contributed by atoms with Crippen LogP contribution in [0, 0.1) is 0 Å². The minimum atomic E-state index is 0.0575. The highest BCUT2D eigenvalue weighted by molar-refractivity contribution is 5.95. The van der Waals surface area contributed by atoms with Crippen molar-refractivity contribution >= 4 is 17.9 Å². The summed E-state index contributed by atoms with van der Waals surface area (Å²) in [6.45, 7) is 0.843. The Hall–Kier alpha value is -1.84. The summed E-state index contributed by atoms with van der Waals surface area (Å²) in [5.41, 5.74) is 0.890. The number of carbonyl (C=O) groups excluding carboxylic acids is 2. The number of ether oxygens (including phenoxy) is 1. The van der Waals surface area contributed by atoms with Crippen LogP contribution in [0.2, 0.25) is 0 Å². The number of aldehydes is 1. The molecular weight excluding hydrogens is 206 g/mol. The summed E-state index contributed by atoms with van der Waals surface area (Å²) in [7, 11) is 0. The Bertz CT molecular complexity index is 386. The number of hydrogen-bond acceptors (Lipinski definition) is 3. The predicted octanol–water partition coefficient (Wildman–Crippen LogP) is 1.39. The van der Waals surface area contributed by atoms with Gasteiger partial charge < -0.3 is 9.64 Å². The average molecular weight is 219 g/mol. The molecule has 4 nitrogen and oxygen atoms in total. The van der Waals surface area contributed by atoms with E-state index in [1.54, 1.807) is 17.0 Å². The highest BCUT2D eigenvalue weighted by atomic mass is 16.5. The first-order chi connectivity index (χ1) is 7.81. The first-order valence-corrected chi connectivity index (χ1v) is 5.28. The summed E-state index contributed by atoms with van der Waals surface area (Å²) < 4.78 is 5.13. The quantitative estimate of drug-likeness (QED) is 0.719.